The van der Waals surface area contributed by atoms with Crippen LogP contribution in [-0.2, 0) is 4.79 Å². The van der Waals surface area contributed by atoms with Gasteiger partial charge in [-0.25, -0.2) is 0 Å². The Morgan fingerprint density at radius 3 is 2.37 bits per heavy atom. The quantitative estimate of drug-likeness (QED) is 0.598. The number of carbonyl (C=O) groups is 1. The summed E-state index contributed by atoms with van der Waals surface area (Å²) in [5.74, 6) is 0.923. The predicted molar refractivity (Wildman–Crippen MR) is 90.9 cm³/mol. The summed E-state index contributed by atoms with van der Waals surface area (Å²) >= 11 is 1.72. The molecule has 0 heterocycles. The Hall–Kier alpha value is 0.320. The molecule has 0 aliphatic heterocycles. The summed E-state index contributed by atoms with van der Waals surface area (Å²) in [4.78, 5) is 13.9. The number of nitrogens with two attached hydrogens (primary N) is 1. The van der Waals surface area contributed by atoms with Crippen LogP contribution in [0.3, 0.4) is 0 Å². The summed E-state index contributed by atoms with van der Waals surface area (Å²) in [6, 6.07) is -0.351. The fourth-order valence-corrected chi connectivity index (χ4v) is 2.05. The maximum atomic E-state index is 11.6. The van der Waals surface area contributed by atoms with Gasteiger partial charge in [0.15, 0.2) is 0 Å². The van der Waals surface area contributed by atoms with E-state index in [0.717, 1.165) is 44.8 Å². The Bertz CT molecular complexity index is 207. The maximum Gasteiger partial charge on any atom is 0.236 e. The number of nitrogens with one attached hydrogen (secondary N) is 1. The first kappa shape index (κ1) is 24.3. The van der Waals surface area contributed by atoms with Gasteiger partial charge in [0, 0.05) is 6.54 Å². The molecule has 0 fully saturated rings. The summed E-state index contributed by atoms with van der Waals surface area (Å²) in [5, 5.41) is 2.90. The van der Waals surface area contributed by atoms with E-state index in [2.05, 4.69) is 24.1 Å². The molecule has 0 spiro atoms. The van der Waals surface area contributed by atoms with Crippen LogP contribution in [0.1, 0.15) is 26.7 Å². The molecule has 0 saturated carbocycles. The van der Waals surface area contributed by atoms with Crippen molar-refractivity contribution in [3.8, 4) is 0 Å². The molecule has 0 radical (unpaired) electrons. The molecule has 0 aromatic carbocycles. The molecular formula is C12H29Cl2N3OS. The zero-order valence-corrected chi connectivity index (χ0v) is 14.6. The van der Waals surface area contributed by atoms with E-state index in [0.29, 0.717) is 0 Å². The van der Waals surface area contributed by atoms with Gasteiger partial charge in [0.05, 0.1) is 6.04 Å². The molecule has 0 aromatic heterocycles. The van der Waals surface area contributed by atoms with Crippen molar-refractivity contribution in [3.05, 3.63) is 0 Å². The Balaban J connectivity index is -0.00000128. The molecule has 19 heavy (non-hydrogen) atoms. The van der Waals surface area contributed by atoms with Crippen molar-refractivity contribution in [1.29, 1.82) is 0 Å². The van der Waals surface area contributed by atoms with Crippen molar-refractivity contribution in [2.75, 3.05) is 38.2 Å². The van der Waals surface area contributed by atoms with Crippen molar-refractivity contribution in [3.63, 3.8) is 0 Å². The Kier molecular flexibility index (Phi) is 21.0. The summed E-state index contributed by atoms with van der Waals surface area (Å²) in [7, 11) is 0. The van der Waals surface area contributed by atoms with Gasteiger partial charge in [-0.3, -0.25) is 4.79 Å². The Morgan fingerprint density at radius 1 is 1.32 bits per heavy atom. The molecule has 0 aliphatic rings. The highest BCUT2D eigenvalue weighted by atomic mass is 35.5. The minimum Gasteiger partial charge on any atom is -0.355 e. The molecule has 0 aliphatic carbocycles. The van der Waals surface area contributed by atoms with Crippen LogP contribution >= 0.6 is 36.6 Å². The van der Waals surface area contributed by atoms with Crippen molar-refractivity contribution in [2.24, 2.45) is 5.73 Å². The number of carbonyl (C=O) groups excluding carboxylic acids is 1. The standard InChI is InChI=1S/C12H27N3OS.2ClH/c1-4-15(5-2)9-6-8-14-12(16)11(13)7-10-17-3;;/h11H,4-10,13H2,1-3H3,(H,14,16);2*1H/t11-;;/m0../s1. The van der Waals surface area contributed by atoms with E-state index in [1.54, 1.807) is 11.8 Å². The Labute approximate surface area is 134 Å². The first-order valence-corrected chi connectivity index (χ1v) is 7.79. The molecule has 0 bridgehead atoms. The van der Waals surface area contributed by atoms with E-state index in [1.807, 2.05) is 6.26 Å². The summed E-state index contributed by atoms with van der Waals surface area (Å²) in [5.41, 5.74) is 5.76. The average molecular weight is 334 g/mol. The fraction of sp³-hybridized carbons (Fsp3) is 0.917. The number of amides is 1. The highest BCUT2D eigenvalue weighted by molar-refractivity contribution is 7.98. The van der Waals surface area contributed by atoms with Gasteiger partial charge < -0.3 is 16.0 Å². The topological polar surface area (TPSA) is 58.4 Å². The van der Waals surface area contributed by atoms with E-state index in [9.17, 15) is 4.79 Å². The molecule has 0 aromatic rings. The Morgan fingerprint density at radius 2 is 1.89 bits per heavy atom. The average Bonchev–Trinajstić information content (AvgIpc) is 2.35. The van der Waals surface area contributed by atoms with E-state index in [-0.39, 0.29) is 36.8 Å². The minimum atomic E-state index is -0.351. The van der Waals surface area contributed by atoms with Crippen molar-refractivity contribution in [2.45, 2.75) is 32.7 Å². The van der Waals surface area contributed by atoms with E-state index in [4.69, 9.17) is 5.73 Å². The second-order valence-corrected chi connectivity index (χ2v) is 5.05. The number of hydrogen-bond donors (Lipinski definition) is 2. The predicted octanol–water partition coefficient (Wildman–Crippen LogP) is 1.76. The number of thioether (sulfide) groups is 1. The molecule has 118 valence electrons. The van der Waals surface area contributed by atoms with Crippen molar-refractivity contribution >= 4 is 42.5 Å². The first-order valence-electron chi connectivity index (χ1n) is 6.40. The van der Waals surface area contributed by atoms with Crippen LogP contribution in [0, 0.1) is 0 Å². The van der Waals surface area contributed by atoms with E-state index < -0.39 is 0 Å². The second-order valence-electron chi connectivity index (χ2n) is 4.06. The molecule has 0 saturated heterocycles. The van der Waals surface area contributed by atoms with Crippen LogP contribution in [0.4, 0.5) is 0 Å². The van der Waals surface area contributed by atoms with Crippen molar-refractivity contribution in [1.82, 2.24) is 10.2 Å². The minimum absolute atomic E-state index is 0. The number of nitrogens with zero attached hydrogens (tertiary/aromatic N) is 1. The summed E-state index contributed by atoms with van der Waals surface area (Å²) in [6.45, 7) is 8.20. The lowest BCUT2D eigenvalue weighted by Crippen LogP contribution is -2.41. The van der Waals surface area contributed by atoms with Gasteiger partial charge in [0.1, 0.15) is 0 Å². The molecule has 0 unspecified atom stereocenters. The van der Waals surface area contributed by atoms with Gasteiger partial charge in [0.2, 0.25) is 5.91 Å². The third-order valence-corrected chi connectivity index (χ3v) is 3.46. The highest BCUT2D eigenvalue weighted by Crippen LogP contribution is 1.98. The van der Waals surface area contributed by atoms with E-state index >= 15 is 0 Å². The van der Waals surface area contributed by atoms with Gasteiger partial charge in [0.25, 0.3) is 0 Å². The number of halogens is 2. The van der Waals surface area contributed by atoms with Crippen LogP contribution in [0.15, 0.2) is 0 Å². The molecular weight excluding hydrogens is 305 g/mol. The molecule has 3 N–H and O–H groups in total. The first-order chi connectivity index (χ1) is 8.15. The van der Waals surface area contributed by atoms with Crippen LogP contribution in [0.25, 0.3) is 0 Å². The van der Waals surface area contributed by atoms with Gasteiger partial charge in [-0.2, -0.15) is 11.8 Å². The maximum absolute atomic E-state index is 11.6. The van der Waals surface area contributed by atoms with Crippen molar-refractivity contribution < 1.29 is 4.79 Å². The lowest BCUT2D eigenvalue weighted by Gasteiger charge is -2.18. The van der Waals surface area contributed by atoms with Crippen LogP contribution in [0.2, 0.25) is 0 Å². The number of hydrogen-bond acceptors (Lipinski definition) is 4. The molecule has 4 nitrogen and oxygen atoms in total. The zero-order valence-electron chi connectivity index (χ0n) is 12.2. The van der Waals surface area contributed by atoms with Gasteiger partial charge in [-0.1, -0.05) is 13.8 Å². The smallest absolute Gasteiger partial charge is 0.236 e. The lowest BCUT2D eigenvalue weighted by atomic mass is 10.2. The second kappa shape index (κ2) is 16.4. The van der Waals surface area contributed by atoms with Crippen LogP contribution in [0.5, 0.6) is 0 Å². The van der Waals surface area contributed by atoms with Gasteiger partial charge >= 0.3 is 0 Å². The van der Waals surface area contributed by atoms with Gasteiger partial charge in [-0.15, -0.1) is 24.8 Å². The molecule has 0 rings (SSSR count). The fourth-order valence-electron chi connectivity index (χ4n) is 1.56. The van der Waals surface area contributed by atoms with Crippen LogP contribution in [-0.4, -0.2) is 55.0 Å². The largest absolute Gasteiger partial charge is 0.355 e. The zero-order chi connectivity index (χ0) is 13.1. The van der Waals surface area contributed by atoms with E-state index in [1.165, 1.54) is 0 Å². The third kappa shape index (κ3) is 13.1. The molecule has 1 amide bonds. The monoisotopic (exact) mass is 333 g/mol. The van der Waals surface area contributed by atoms with Gasteiger partial charge in [-0.05, 0) is 44.5 Å². The summed E-state index contributed by atoms with van der Waals surface area (Å²) < 4.78 is 0. The highest BCUT2D eigenvalue weighted by Gasteiger charge is 2.11. The van der Waals surface area contributed by atoms with Crippen LogP contribution < -0.4 is 11.1 Å². The molecule has 1 atom stereocenters. The molecule has 7 heteroatoms. The summed E-state index contributed by atoms with van der Waals surface area (Å²) in [6.07, 6.45) is 3.76. The SMILES string of the molecule is CCN(CC)CCCNC(=O)[C@@H](N)CCSC.Cl.Cl. The lowest BCUT2D eigenvalue weighted by molar-refractivity contribution is -0.122. The number of rotatable bonds is 10. The normalized spacial score (nSPS) is 11.4. The third-order valence-electron chi connectivity index (χ3n) is 2.81.